The Labute approximate surface area is 146 Å². The number of nitrogens with zero attached hydrogens (tertiary/aromatic N) is 4. The van der Waals surface area contributed by atoms with Gasteiger partial charge in [-0.1, -0.05) is 50.1 Å². The highest BCUT2D eigenvalue weighted by molar-refractivity contribution is 5.76. The fourth-order valence-corrected chi connectivity index (χ4v) is 3.64. The molecule has 0 spiro atoms. The van der Waals surface area contributed by atoms with Gasteiger partial charge in [-0.15, -0.1) is 0 Å². The van der Waals surface area contributed by atoms with Gasteiger partial charge >= 0.3 is 0 Å². The Morgan fingerprint density at radius 3 is 2.72 bits per heavy atom. The molecule has 0 aromatic carbocycles. The summed E-state index contributed by atoms with van der Waals surface area (Å²) in [5.74, 6) is 1.69. The molecule has 0 amide bonds. The average Bonchev–Trinajstić information content (AvgIpc) is 3.23. The predicted octanol–water partition coefficient (Wildman–Crippen LogP) is 3.52. The average molecular weight is 347 g/mol. The highest BCUT2D eigenvalue weighted by Crippen LogP contribution is 2.32. The molecule has 0 saturated heterocycles. The number of ketones is 1. The van der Waals surface area contributed by atoms with Gasteiger partial charge in [0.25, 0.3) is 0 Å². The number of nitrogens with two attached hydrogens (primary N) is 1. The summed E-state index contributed by atoms with van der Waals surface area (Å²) >= 11 is 0. The summed E-state index contributed by atoms with van der Waals surface area (Å²) in [6, 6.07) is 0. The Hall–Kier alpha value is -2.25. The summed E-state index contributed by atoms with van der Waals surface area (Å²) in [4.78, 5) is 16.0. The van der Waals surface area contributed by atoms with Crippen LogP contribution < -0.4 is 5.73 Å². The first kappa shape index (κ1) is 17.6. The fourth-order valence-electron chi connectivity index (χ4n) is 3.64. The molecule has 1 aliphatic carbocycles. The molecule has 0 radical (unpaired) electrons. The van der Waals surface area contributed by atoms with Crippen molar-refractivity contribution < 1.29 is 13.9 Å². The predicted molar refractivity (Wildman–Crippen MR) is 90.5 cm³/mol. The molecule has 2 N–H and O–H groups in total. The molecular formula is C17H25N5O3. The second-order valence-electron chi connectivity index (χ2n) is 6.99. The lowest BCUT2D eigenvalue weighted by molar-refractivity contribution is -0.117. The Bertz CT molecular complexity index is 690. The van der Waals surface area contributed by atoms with Crippen LogP contribution in [-0.4, -0.2) is 26.2 Å². The molecule has 25 heavy (non-hydrogen) atoms. The standard InChI is InChI=1S/C17H25N5O3/c1-11(23)10-13(9-5-8-12-6-3-2-4-7-12)17-19-16(22-24-17)14-15(18)21-25-20-14/h12-13H,2-10H2,1H3,(H2,18,21). The van der Waals surface area contributed by atoms with E-state index in [0.717, 1.165) is 18.8 Å². The van der Waals surface area contributed by atoms with E-state index in [1.165, 1.54) is 38.5 Å². The van der Waals surface area contributed by atoms with Crippen molar-refractivity contribution in [2.45, 2.75) is 70.6 Å². The van der Waals surface area contributed by atoms with E-state index >= 15 is 0 Å². The van der Waals surface area contributed by atoms with E-state index < -0.39 is 0 Å². The molecule has 136 valence electrons. The van der Waals surface area contributed by atoms with Crippen molar-refractivity contribution in [2.24, 2.45) is 5.92 Å². The number of hydrogen-bond donors (Lipinski definition) is 1. The van der Waals surface area contributed by atoms with Crippen LogP contribution in [0.5, 0.6) is 0 Å². The lowest BCUT2D eigenvalue weighted by Gasteiger charge is -2.22. The zero-order valence-corrected chi connectivity index (χ0v) is 14.6. The van der Waals surface area contributed by atoms with Gasteiger partial charge in [-0.05, 0) is 29.6 Å². The van der Waals surface area contributed by atoms with Crippen LogP contribution in [0.15, 0.2) is 9.15 Å². The van der Waals surface area contributed by atoms with Crippen LogP contribution in [0.4, 0.5) is 5.82 Å². The molecule has 3 rings (SSSR count). The quantitative estimate of drug-likeness (QED) is 0.770. The maximum absolute atomic E-state index is 11.6. The first-order chi connectivity index (χ1) is 12.1. The molecule has 1 saturated carbocycles. The summed E-state index contributed by atoms with van der Waals surface area (Å²) in [5.41, 5.74) is 5.92. The third kappa shape index (κ3) is 4.64. The Balaban J connectivity index is 1.63. The number of aromatic nitrogens is 4. The molecule has 0 aliphatic heterocycles. The molecule has 0 bridgehead atoms. The summed E-state index contributed by atoms with van der Waals surface area (Å²) in [6.07, 6.45) is 10.3. The summed E-state index contributed by atoms with van der Waals surface area (Å²) in [5, 5.41) is 11.1. The van der Waals surface area contributed by atoms with Gasteiger partial charge in [-0.25, -0.2) is 4.63 Å². The van der Waals surface area contributed by atoms with Crippen LogP contribution in [0.25, 0.3) is 11.5 Å². The minimum Gasteiger partial charge on any atom is -0.379 e. The van der Waals surface area contributed by atoms with Gasteiger partial charge in [0.05, 0.1) is 0 Å². The SMILES string of the molecule is CC(=O)CC(CCCC1CCCCC1)c1nc(-c2nonc2N)no1. The number of nitrogen functional groups attached to an aromatic ring is 1. The van der Waals surface area contributed by atoms with Gasteiger partial charge in [-0.3, -0.25) is 0 Å². The number of hydrogen-bond acceptors (Lipinski definition) is 8. The van der Waals surface area contributed by atoms with Crippen LogP contribution in [0.1, 0.15) is 76.5 Å². The Morgan fingerprint density at radius 1 is 1.24 bits per heavy atom. The van der Waals surface area contributed by atoms with Crippen molar-refractivity contribution in [3.05, 3.63) is 5.89 Å². The van der Waals surface area contributed by atoms with Gasteiger partial charge < -0.3 is 15.1 Å². The second kappa shape index (κ2) is 8.22. The van der Waals surface area contributed by atoms with Crippen molar-refractivity contribution in [3.8, 4) is 11.5 Å². The van der Waals surface area contributed by atoms with Crippen LogP contribution in [0.3, 0.4) is 0 Å². The minimum absolute atomic E-state index is 0.0663. The van der Waals surface area contributed by atoms with Crippen molar-refractivity contribution in [1.29, 1.82) is 0 Å². The van der Waals surface area contributed by atoms with Crippen molar-refractivity contribution in [1.82, 2.24) is 20.5 Å². The highest BCUT2D eigenvalue weighted by atomic mass is 16.6. The molecule has 1 aliphatic rings. The van der Waals surface area contributed by atoms with Crippen LogP contribution >= 0.6 is 0 Å². The first-order valence-corrected chi connectivity index (χ1v) is 9.05. The molecule has 2 heterocycles. The van der Waals surface area contributed by atoms with Gasteiger partial charge in [0, 0.05) is 12.3 Å². The van der Waals surface area contributed by atoms with Crippen LogP contribution in [-0.2, 0) is 4.79 Å². The third-order valence-electron chi connectivity index (χ3n) is 4.94. The maximum Gasteiger partial charge on any atom is 0.230 e. The number of Topliss-reactive ketones (excluding diaryl/α,β-unsaturated/α-hetero) is 1. The normalized spacial score (nSPS) is 16.8. The molecule has 1 unspecified atom stereocenters. The third-order valence-corrected chi connectivity index (χ3v) is 4.94. The minimum atomic E-state index is -0.0663. The summed E-state index contributed by atoms with van der Waals surface area (Å²) < 4.78 is 9.94. The monoisotopic (exact) mass is 347 g/mol. The highest BCUT2D eigenvalue weighted by Gasteiger charge is 2.24. The largest absolute Gasteiger partial charge is 0.379 e. The lowest BCUT2D eigenvalue weighted by atomic mass is 9.84. The smallest absolute Gasteiger partial charge is 0.230 e. The van der Waals surface area contributed by atoms with Gasteiger partial charge in [-0.2, -0.15) is 4.98 Å². The van der Waals surface area contributed by atoms with E-state index in [1.54, 1.807) is 6.92 Å². The van der Waals surface area contributed by atoms with E-state index in [4.69, 9.17) is 10.3 Å². The molecule has 8 heteroatoms. The second-order valence-corrected chi connectivity index (χ2v) is 6.99. The molecule has 8 nitrogen and oxygen atoms in total. The van der Waals surface area contributed by atoms with Gasteiger partial charge in [0.1, 0.15) is 5.78 Å². The van der Waals surface area contributed by atoms with E-state index in [-0.39, 0.29) is 29.0 Å². The summed E-state index contributed by atoms with van der Waals surface area (Å²) in [7, 11) is 0. The summed E-state index contributed by atoms with van der Waals surface area (Å²) in [6.45, 7) is 1.59. The Morgan fingerprint density at radius 2 is 2.04 bits per heavy atom. The van der Waals surface area contributed by atoms with E-state index in [0.29, 0.717) is 12.3 Å². The van der Waals surface area contributed by atoms with E-state index in [9.17, 15) is 4.79 Å². The fraction of sp³-hybridized carbons (Fsp3) is 0.706. The molecule has 2 aromatic heterocycles. The molecule has 2 aromatic rings. The van der Waals surface area contributed by atoms with Gasteiger partial charge in [0.15, 0.2) is 11.5 Å². The van der Waals surface area contributed by atoms with Crippen LogP contribution in [0, 0.1) is 5.92 Å². The van der Waals surface area contributed by atoms with Crippen molar-refractivity contribution >= 4 is 11.6 Å². The zero-order chi connectivity index (χ0) is 17.6. The maximum atomic E-state index is 11.6. The Kier molecular flexibility index (Phi) is 5.78. The molecular weight excluding hydrogens is 322 g/mol. The lowest BCUT2D eigenvalue weighted by Crippen LogP contribution is -2.09. The topological polar surface area (TPSA) is 121 Å². The number of carbonyl (C=O) groups is 1. The van der Waals surface area contributed by atoms with Crippen LogP contribution in [0.2, 0.25) is 0 Å². The molecule has 1 fully saturated rings. The van der Waals surface area contributed by atoms with E-state index in [2.05, 4.69) is 25.1 Å². The zero-order valence-electron chi connectivity index (χ0n) is 14.6. The number of anilines is 1. The number of rotatable bonds is 8. The van der Waals surface area contributed by atoms with E-state index in [1.807, 2.05) is 0 Å². The van der Waals surface area contributed by atoms with Crippen molar-refractivity contribution in [3.63, 3.8) is 0 Å². The first-order valence-electron chi connectivity index (χ1n) is 9.05. The number of carbonyl (C=O) groups excluding carboxylic acids is 1. The molecule has 1 atom stereocenters. The van der Waals surface area contributed by atoms with Gasteiger partial charge in [0.2, 0.25) is 11.7 Å². The van der Waals surface area contributed by atoms with Crippen molar-refractivity contribution in [2.75, 3.05) is 5.73 Å².